The normalized spacial score (nSPS) is 12.6. The van der Waals surface area contributed by atoms with Crippen molar-refractivity contribution in [1.29, 1.82) is 0 Å². The predicted octanol–water partition coefficient (Wildman–Crippen LogP) is 2.42. The number of hydrogen-bond acceptors (Lipinski definition) is 2. The highest BCUT2D eigenvalue weighted by molar-refractivity contribution is 7.71. The lowest BCUT2D eigenvalue weighted by molar-refractivity contribution is 0.737. The number of nitrogens with one attached hydrogen (secondary N) is 1. The Labute approximate surface area is 99.9 Å². The van der Waals surface area contributed by atoms with Crippen LogP contribution in [0, 0.1) is 4.77 Å². The Kier molecular flexibility index (Phi) is 3.22. The molecule has 0 spiro atoms. The zero-order chi connectivity index (χ0) is 11.5. The zero-order valence-corrected chi connectivity index (χ0v) is 10.00. The molecule has 0 saturated carbocycles. The van der Waals surface area contributed by atoms with E-state index in [9.17, 15) is 0 Å². The number of aromatic amines is 1. The lowest BCUT2D eigenvalue weighted by Crippen LogP contribution is -2.17. The van der Waals surface area contributed by atoms with Crippen molar-refractivity contribution in [1.82, 2.24) is 9.55 Å². The van der Waals surface area contributed by atoms with Crippen molar-refractivity contribution >= 4 is 12.2 Å². The summed E-state index contributed by atoms with van der Waals surface area (Å²) >= 11 is 5.18. The lowest BCUT2D eigenvalue weighted by Gasteiger charge is -2.08. The van der Waals surface area contributed by atoms with Crippen molar-refractivity contribution in [3.05, 3.63) is 47.0 Å². The summed E-state index contributed by atoms with van der Waals surface area (Å²) in [6.07, 6.45) is 4.64. The third kappa shape index (κ3) is 2.40. The molecule has 0 radical (unpaired) electrons. The van der Waals surface area contributed by atoms with Gasteiger partial charge in [-0.1, -0.05) is 12.1 Å². The molecular formula is C12H15N3S. The molecule has 2 aromatic rings. The van der Waals surface area contributed by atoms with Crippen molar-refractivity contribution in [2.75, 3.05) is 0 Å². The summed E-state index contributed by atoms with van der Waals surface area (Å²) in [5.74, 6) is 0. The number of benzene rings is 1. The molecule has 4 heteroatoms. The van der Waals surface area contributed by atoms with Crippen LogP contribution >= 0.6 is 12.2 Å². The van der Waals surface area contributed by atoms with Gasteiger partial charge in [0.25, 0.3) is 0 Å². The largest absolute Gasteiger partial charge is 0.337 e. The van der Waals surface area contributed by atoms with Crippen LogP contribution in [-0.4, -0.2) is 15.6 Å². The number of H-pyrrole nitrogens is 1. The topological polar surface area (TPSA) is 46.7 Å². The summed E-state index contributed by atoms with van der Waals surface area (Å²) in [6.45, 7) is 2.01. The van der Waals surface area contributed by atoms with Crippen LogP contribution in [0.4, 0.5) is 0 Å². The molecule has 1 heterocycles. The molecule has 1 unspecified atom stereocenters. The van der Waals surface area contributed by atoms with E-state index in [-0.39, 0.29) is 6.04 Å². The number of aromatic nitrogens is 2. The van der Waals surface area contributed by atoms with Gasteiger partial charge in [-0.15, -0.1) is 0 Å². The van der Waals surface area contributed by atoms with Gasteiger partial charge in [-0.25, -0.2) is 0 Å². The maximum Gasteiger partial charge on any atom is 0.181 e. The van der Waals surface area contributed by atoms with Crippen molar-refractivity contribution in [3.63, 3.8) is 0 Å². The molecule has 84 valence electrons. The summed E-state index contributed by atoms with van der Waals surface area (Å²) in [5, 5.41) is 0. The molecule has 0 fully saturated rings. The predicted molar refractivity (Wildman–Crippen MR) is 68.3 cm³/mol. The van der Waals surface area contributed by atoms with Crippen molar-refractivity contribution < 1.29 is 0 Å². The summed E-state index contributed by atoms with van der Waals surface area (Å²) in [5.41, 5.74) is 8.10. The Hall–Kier alpha value is -1.39. The average Bonchev–Trinajstić information content (AvgIpc) is 2.64. The van der Waals surface area contributed by atoms with Gasteiger partial charge in [0.15, 0.2) is 4.77 Å². The first-order chi connectivity index (χ1) is 7.66. The number of hydrogen-bond donors (Lipinski definition) is 2. The summed E-state index contributed by atoms with van der Waals surface area (Å²) in [4.78, 5) is 2.98. The van der Waals surface area contributed by atoms with Gasteiger partial charge in [-0.3, -0.25) is 4.57 Å². The first-order valence-electron chi connectivity index (χ1n) is 5.28. The van der Waals surface area contributed by atoms with Gasteiger partial charge in [-0.2, -0.15) is 0 Å². The molecule has 0 aliphatic heterocycles. The van der Waals surface area contributed by atoms with Gasteiger partial charge in [0, 0.05) is 24.1 Å². The molecule has 3 nitrogen and oxygen atoms in total. The van der Waals surface area contributed by atoms with E-state index < -0.39 is 0 Å². The van der Waals surface area contributed by atoms with E-state index >= 15 is 0 Å². The highest BCUT2D eigenvalue weighted by atomic mass is 32.1. The molecule has 0 aliphatic rings. The quantitative estimate of drug-likeness (QED) is 0.800. The number of imidazole rings is 1. The second-order valence-electron chi connectivity index (χ2n) is 3.99. The molecule has 3 N–H and O–H groups in total. The monoisotopic (exact) mass is 233 g/mol. The minimum Gasteiger partial charge on any atom is -0.337 e. The number of rotatable bonds is 3. The Bertz CT molecular complexity index is 525. The molecule has 0 aliphatic carbocycles. The summed E-state index contributed by atoms with van der Waals surface area (Å²) in [6, 6.07) is 8.45. The lowest BCUT2D eigenvalue weighted by atomic mass is 10.1. The second kappa shape index (κ2) is 4.63. The maximum absolute atomic E-state index is 5.79. The van der Waals surface area contributed by atoms with Crippen LogP contribution in [0.15, 0.2) is 36.7 Å². The summed E-state index contributed by atoms with van der Waals surface area (Å²) in [7, 11) is 0. The van der Waals surface area contributed by atoms with Crippen LogP contribution in [0.2, 0.25) is 0 Å². The molecule has 0 saturated heterocycles. The van der Waals surface area contributed by atoms with Crippen molar-refractivity contribution in [3.8, 4) is 5.69 Å². The van der Waals surface area contributed by atoms with Crippen molar-refractivity contribution in [2.45, 2.75) is 19.4 Å². The first-order valence-corrected chi connectivity index (χ1v) is 5.68. The van der Waals surface area contributed by atoms with Crippen LogP contribution in [-0.2, 0) is 6.42 Å². The Morgan fingerprint density at radius 1 is 1.50 bits per heavy atom. The summed E-state index contributed by atoms with van der Waals surface area (Å²) < 4.78 is 2.65. The van der Waals surface area contributed by atoms with E-state index in [2.05, 4.69) is 17.1 Å². The van der Waals surface area contributed by atoms with Gasteiger partial charge < -0.3 is 10.7 Å². The Morgan fingerprint density at radius 2 is 2.31 bits per heavy atom. The fourth-order valence-electron chi connectivity index (χ4n) is 1.73. The molecule has 1 aromatic heterocycles. The van der Waals surface area contributed by atoms with Gasteiger partial charge in [-0.05, 0) is 43.3 Å². The number of nitrogens with two attached hydrogens (primary N) is 1. The molecule has 2 rings (SSSR count). The van der Waals surface area contributed by atoms with Crippen LogP contribution in [0.25, 0.3) is 5.69 Å². The van der Waals surface area contributed by atoms with E-state index in [1.54, 1.807) is 0 Å². The molecule has 0 bridgehead atoms. The average molecular weight is 233 g/mol. The standard InChI is InChI=1S/C12H15N3S/c1-9(13)7-10-3-2-4-11(8-10)15-6-5-14-12(15)16/h2-6,8-9H,7,13H2,1H3,(H,14,16). The molecule has 0 amide bonds. The van der Waals surface area contributed by atoms with Gasteiger partial charge in [0.2, 0.25) is 0 Å². The molecule has 16 heavy (non-hydrogen) atoms. The molecule has 1 atom stereocenters. The third-order valence-electron chi connectivity index (χ3n) is 2.40. The third-order valence-corrected chi connectivity index (χ3v) is 2.71. The highest BCUT2D eigenvalue weighted by Gasteiger charge is 2.01. The first kappa shape index (κ1) is 11.1. The zero-order valence-electron chi connectivity index (χ0n) is 9.18. The Balaban J connectivity index is 2.36. The molecular weight excluding hydrogens is 218 g/mol. The highest BCUT2D eigenvalue weighted by Crippen LogP contribution is 2.12. The van der Waals surface area contributed by atoms with E-state index in [0.717, 1.165) is 12.1 Å². The second-order valence-corrected chi connectivity index (χ2v) is 4.37. The van der Waals surface area contributed by atoms with Crippen LogP contribution in [0.3, 0.4) is 0 Å². The molecule has 1 aromatic carbocycles. The van der Waals surface area contributed by atoms with E-state index in [1.807, 2.05) is 36.0 Å². The van der Waals surface area contributed by atoms with E-state index in [4.69, 9.17) is 18.0 Å². The maximum atomic E-state index is 5.79. The van der Waals surface area contributed by atoms with Crippen LogP contribution in [0.1, 0.15) is 12.5 Å². The fourth-order valence-corrected chi connectivity index (χ4v) is 1.96. The minimum atomic E-state index is 0.175. The van der Waals surface area contributed by atoms with Gasteiger partial charge >= 0.3 is 0 Å². The SMILES string of the molecule is CC(N)Cc1cccc(-n2cc[nH]c2=S)c1. The van der Waals surface area contributed by atoms with Crippen molar-refractivity contribution in [2.24, 2.45) is 5.73 Å². The smallest absolute Gasteiger partial charge is 0.181 e. The van der Waals surface area contributed by atoms with E-state index in [0.29, 0.717) is 4.77 Å². The van der Waals surface area contributed by atoms with Gasteiger partial charge in [0.1, 0.15) is 0 Å². The minimum absolute atomic E-state index is 0.175. The van der Waals surface area contributed by atoms with Gasteiger partial charge in [0.05, 0.1) is 0 Å². The van der Waals surface area contributed by atoms with Crippen LogP contribution < -0.4 is 5.73 Å². The van der Waals surface area contributed by atoms with E-state index in [1.165, 1.54) is 5.56 Å². The fraction of sp³-hybridized carbons (Fsp3) is 0.250. The van der Waals surface area contributed by atoms with Crippen LogP contribution in [0.5, 0.6) is 0 Å². The Morgan fingerprint density at radius 3 is 2.94 bits per heavy atom. The number of nitrogens with zero attached hydrogens (tertiary/aromatic N) is 1.